The molecule has 0 aromatic carbocycles. The lowest BCUT2D eigenvalue weighted by molar-refractivity contribution is -0.152. The van der Waals surface area contributed by atoms with Crippen LogP contribution in [0, 0.1) is 11.3 Å². The van der Waals surface area contributed by atoms with Gasteiger partial charge in [-0.2, -0.15) is 0 Å². The van der Waals surface area contributed by atoms with E-state index >= 15 is 0 Å². The molecular formula is C16H26N2O4. The lowest BCUT2D eigenvalue weighted by atomic mass is 9.90. The number of carboxylic acid groups (broad SMARTS) is 1. The summed E-state index contributed by atoms with van der Waals surface area (Å²) in [4.78, 5) is 39.6. The van der Waals surface area contributed by atoms with E-state index in [2.05, 4.69) is 0 Å². The first-order chi connectivity index (χ1) is 10.2. The first-order valence-electron chi connectivity index (χ1n) is 8.04. The molecule has 0 saturated carbocycles. The molecule has 0 aromatic rings. The highest BCUT2D eigenvalue weighted by molar-refractivity contribution is 5.87. The highest BCUT2D eigenvalue weighted by atomic mass is 16.4. The molecule has 2 saturated heterocycles. The number of piperidine rings is 1. The lowest BCUT2D eigenvalue weighted by Crippen LogP contribution is -2.51. The van der Waals surface area contributed by atoms with Gasteiger partial charge in [-0.05, 0) is 25.7 Å². The van der Waals surface area contributed by atoms with E-state index in [0.717, 1.165) is 19.3 Å². The summed E-state index contributed by atoms with van der Waals surface area (Å²) in [7, 11) is 0. The molecule has 0 aliphatic carbocycles. The zero-order chi connectivity index (χ0) is 16.5. The van der Waals surface area contributed by atoms with Crippen LogP contribution in [-0.2, 0) is 14.4 Å². The van der Waals surface area contributed by atoms with Crippen molar-refractivity contribution in [2.45, 2.75) is 52.5 Å². The van der Waals surface area contributed by atoms with Gasteiger partial charge in [0, 0.05) is 25.0 Å². The fourth-order valence-electron chi connectivity index (χ4n) is 3.36. The number of carbonyl (C=O) groups excluding carboxylic acids is 2. The van der Waals surface area contributed by atoms with E-state index < -0.39 is 17.4 Å². The van der Waals surface area contributed by atoms with Crippen molar-refractivity contribution in [1.29, 1.82) is 0 Å². The predicted molar refractivity (Wildman–Crippen MR) is 81.1 cm³/mol. The van der Waals surface area contributed by atoms with Crippen LogP contribution >= 0.6 is 0 Å². The van der Waals surface area contributed by atoms with E-state index in [9.17, 15) is 19.5 Å². The Bertz CT molecular complexity index is 469. The Labute approximate surface area is 131 Å². The van der Waals surface area contributed by atoms with Gasteiger partial charge in [0.15, 0.2) is 0 Å². The van der Waals surface area contributed by atoms with E-state index in [1.54, 1.807) is 4.90 Å². The maximum atomic E-state index is 12.7. The molecule has 124 valence electrons. The topological polar surface area (TPSA) is 77.9 Å². The summed E-state index contributed by atoms with van der Waals surface area (Å²) in [5.74, 6) is -1.23. The minimum absolute atomic E-state index is 0.0567. The third-order valence-electron chi connectivity index (χ3n) is 4.52. The fraction of sp³-hybridized carbons (Fsp3) is 0.812. The fourth-order valence-corrected chi connectivity index (χ4v) is 3.36. The molecule has 1 N–H and O–H groups in total. The molecule has 0 aromatic heterocycles. The van der Waals surface area contributed by atoms with E-state index in [1.165, 1.54) is 4.90 Å². The van der Waals surface area contributed by atoms with Crippen molar-refractivity contribution in [3.05, 3.63) is 0 Å². The Hall–Kier alpha value is -1.59. The number of carbonyl (C=O) groups is 3. The van der Waals surface area contributed by atoms with Gasteiger partial charge in [0.1, 0.15) is 6.04 Å². The van der Waals surface area contributed by atoms with Crippen LogP contribution in [0.2, 0.25) is 0 Å². The maximum Gasteiger partial charge on any atom is 0.326 e. The van der Waals surface area contributed by atoms with Crippen molar-refractivity contribution in [3.8, 4) is 0 Å². The van der Waals surface area contributed by atoms with Crippen LogP contribution in [-0.4, -0.2) is 58.4 Å². The van der Waals surface area contributed by atoms with Crippen molar-refractivity contribution in [1.82, 2.24) is 9.80 Å². The average molecular weight is 310 g/mol. The highest BCUT2D eigenvalue weighted by Crippen LogP contribution is 2.27. The number of rotatable bonds is 2. The Morgan fingerprint density at radius 1 is 1.05 bits per heavy atom. The molecule has 6 heteroatoms. The first-order valence-corrected chi connectivity index (χ1v) is 8.04. The number of aliphatic carboxylic acids is 1. The van der Waals surface area contributed by atoms with Gasteiger partial charge in [-0.25, -0.2) is 4.79 Å². The predicted octanol–water partition coefficient (Wildman–Crippen LogP) is 1.35. The molecule has 2 atom stereocenters. The molecule has 2 aliphatic heterocycles. The zero-order valence-corrected chi connectivity index (χ0v) is 13.7. The van der Waals surface area contributed by atoms with Gasteiger partial charge in [0.25, 0.3) is 0 Å². The second-order valence-electron chi connectivity index (χ2n) is 7.37. The largest absolute Gasteiger partial charge is 0.480 e. The number of hydrogen-bond donors (Lipinski definition) is 1. The molecule has 2 rings (SSSR count). The Morgan fingerprint density at radius 2 is 1.68 bits per heavy atom. The van der Waals surface area contributed by atoms with Gasteiger partial charge in [-0.1, -0.05) is 20.8 Å². The van der Waals surface area contributed by atoms with E-state index in [4.69, 9.17) is 0 Å². The van der Waals surface area contributed by atoms with E-state index in [1.807, 2.05) is 20.8 Å². The monoisotopic (exact) mass is 310 g/mol. The van der Waals surface area contributed by atoms with Gasteiger partial charge in [0.05, 0.1) is 5.92 Å². The molecule has 1 unspecified atom stereocenters. The van der Waals surface area contributed by atoms with Gasteiger partial charge >= 0.3 is 5.97 Å². The Kier molecular flexibility index (Phi) is 4.78. The van der Waals surface area contributed by atoms with Gasteiger partial charge in [-0.3, -0.25) is 9.59 Å². The van der Waals surface area contributed by atoms with Crippen molar-refractivity contribution < 1.29 is 19.5 Å². The number of hydrogen-bond acceptors (Lipinski definition) is 3. The van der Waals surface area contributed by atoms with Crippen LogP contribution in [0.3, 0.4) is 0 Å². The minimum Gasteiger partial charge on any atom is -0.480 e. The Morgan fingerprint density at radius 3 is 2.27 bits per heavy atom. The van der Waals surface area contributed by atoms with Crippen LogP contribution in [0.15, 0.2) is 0 Å². The van der Waals surface area contributed by atoms with Crippen molar-refractivity contribution in [2.24, 2.45) is 11.3 Å². The van der Waals surface area contributed by atoms with Gasteiger partial charge in [-0.15, -0.1) is 0 Å². The Balaban J connectivity index is 2.04. The minimum atomic E-state index is -0.927. The molecule has 2 heterocycles. The van der Waals surface area contributed by atoms with Crippen molar-refractivity contribution in [3.63, 3.8) is 0 Å². The lowest BCUT2D eigenvalue weighted by Gasteiger charge is -2.37. The van der Waals surface area contributed by atoms with E-state index in [-0.39, 0.29) is 17.7 Å². The summed E-state index contributed by atoms with van der Waals surface area (Å²) in [6.45, 7) is 7.24. The molecule has 0 spiro atoms. The van der Waals surface area contributed by atoms with Crippen LogP contribution < -0.4 is 0 Å². The molecule has 2 aliphatic rings. The van der Waals surface area contributed by atoms with Crippen molar-refractivity contribution in [2.75, 3.05) is 19.6 Å². The maximum absolute atomic E-state index is 12.7. The number of likely N-dealkylation sites (tertiary alicyclic amines) is 2. The summed E-state index contributed by atoms with van der Waals surface area (Å²) in [6.07, 6.45) is 2.79. The average Bonchev–Trinajstić information content (AvgIpc) is 2.94. The summed E-state index contributed by atoms with van der Waals surface area (Å²) < 4.78 is 0. The molecule has 0 bridgehead atoms. The first kappa shape index (κ1) is 16.8. The molecule has 22 heavy (non-hydrogen) atoms. The van der Waals surface area contributed by atoms with Crippen LogP contribution in [0.25, 0.3) is 0 Å². The number of nitrogens with zero attached hydrogens (tertiary/aromatic N) is 2. The van der Waals surface area contributed by atoms with Crippen molar-refractivity contribution >= 4 is 17.8 Å². The summed E-state index contributed by atoms with van der Waals surface area (Å²) in [5.41, 5.74) is -0.456. The third kappa shape index (κ3) is 3.42. The standard InChI is InChI=1S/C16H26N2O4/c1-16(2,3)15(22)17-8-4-6-11(10-17)13(19)18-9-5-7-12(18)14(20)21/h11-12H,4-10H2,1-3H3,(H,20,21)/t11?,12-/m1/s1. The van der Waals surface area contributed by atoms with Crippen LogP contribution in [0.1, 0.15) is 46.5 Å². The number of amides is 2. The zero-order valence-electron chi connectivity index (χ0n) is 13.7. The van der Waals surface area contributed by atoms with Crippen LogP contribution in [0.4, 0.5) is 0 Å². The quantitative estimate of drug-likeness (QED) is 0.835. The molecular weight excluding hydrogens is 284 g/mol. The third-order valence-corrected chi connectivity index (χ3v) is 4.52. The summed E-state index contributed by atoms with van der Waals surface area (Å²) >= 11 is 0. The van der Waals surface area contributed by atoms with Crippen LogP contribution in [0.5, 0.6) is 0 Å². The summed E-state index contributed by atoms with van der Waals surface area (Å²) in [6, 6.07) is -0.693. The molecule has 2 fully saturated rings. The molecule has 2 amide bonds. The second kappa shape index (κ2) is 6.26. The summed E-state index contributed by atoms with van der Waals surface area (Å²) in [5, 5.41) is 9.22. The van der Waals surface area contributed by atoms with E-state index in [0.29, 0.717) is 26.1 Å². The molecule has 6 nitrogen and oxygen atoms in total. The molecule has 0 radical (unpaired) electrons. The SMILES string of the molecule is CC(C)(C)C(=O)N1CCCC(C(=O)N2CCC[C@@H]2C(=O)O)C1. The van der Waals surface area contributed by atoms with Gasteiger partial charge < -0.3 is 14.9 Å². The second-order valence-corrected chi connectivity index (χ2v) is 7.37. The van der Waals surface area contributed by atoms with Gasteiger partial charge in [0.2, 0.25) is 11.8 Å². The smallest absolute Gasteiger partial charge is 0.326 e. The number of carboxylic acids is 1. The normalized spacial score (nSPS) is 26.1. The highest BCUT2D eigenvalue weighted by Gasteiger charge is 2.40.